The van der Waals surface area contributed by atoms with Gasteiger partial charge in [-0.2, -0.15) is 0 Å². The molecule has 1 aromatic rings. The first-order valence-electron chi connectivity index (χ1n) is 4.47. The highest BCUT2D eigenvalue weighted by Gasteiger charge is 2.20. The summed E-state index contributed by atoms with van der Waals surface area (Å²) in [6.45, 7) is 2.03. The van der Waals surface area contributed by atoms with E-state index in [1.807, 2.05) is 31.2 Å². The van der Waals surface area contributed by atoms with Crippen LogP contribution in [0.1, 0.15) is 23.7 Å². The number of carbonyl (C=O) groups excluding carboxylic acids is 1. The van der Waals surface area contributed by atoms with Gasteiger partial charge in [0.05, 0.1) is 11.7 Å². The molecule has 0 fully saturated rings. The van der Waals surface area contributed by atoms with Crippen molar-refractivity contribution in [2.45, 2.75) is 19.5 Å². The van der Waals surface area contributed by atoms with Gasteiger partial charge in [-0.25, -0.2) is 0 Å². The van der Waals surface area contributed by atoms with E-state index in [1.165, 1.54) is 0 Å². The molecule has 68 valence electrons. The van der Waals surface area contributed by atoms with E-state index in [-0.39, 0.29) is 12.1 Å². The summed E-state index contributed by atoms with van der Waals surface area (Å²) in [6.07, 6.45) is 0.961. The number of para-hydroxylation sites is 1. The first-order chi connectivity index (χ1) is 6.31. The third kappa shape index (κ3) is 1.37. The second-order valence-electron chi connectivity index (χ2n) is 3.12. The highest BCUT2D eigenvalue weighted by molar-refractivity contribution is 6.01. The normalized spacial score (nSPS) is 20.1. The van der Waals surface area contributed by atoms with Crippen LogP contribution in [0.4, 0.5) is 5.69 Å². The lowest BCUT2D eigenvalue weighted by molar-refractivity contribution is 0.0935. The van der Waals surface area contributed by atoms with Crippen LogP contribution in [-0.4, -0.2) is 12.1 Å². The number of anilines is 1. The maximum Gasteiger partial charge on any atom is 0.254 e. The van der Waals surface area contributed by atoms with Crippen molar-refractivity contribution in [3.63, 3.8) is 0 Å². The quantitative estimate of drug-likeness (QED) is 0.682. The van der Waals surface area contributed by atoms with Gasteiger partial charge in [0.25, 0.3) is 5.91 Å². The summed E-state index contributed by atoms with van der Waals surface area (Å²) in [5.74, 6) is 0.0150. The Labute approximate surface area is 77.1 Å². The SMILES string of the molecule is CCC1NC(=O)c2ccccc2N1. The van der Waals surface area contributed by atoms with Gasteiger partial charge in [0.2, 0.25) is 0 Å². The zero-order valence-corrected chi connectivity index (χ0v) is 7.50. The molecule has 0 aliphatic carbocycles. The molecule has 1 heterocycles. The minimum atomic E-state index is 0.0150. The summed E-state index contributed by atoms with van der Waals surface area (Å²) >= 11 is 0. The zero-order valence-electron chi connectivity index (χ0n) is 7.50. The van der Waals surface area contributed by atoms with E-state index in [0.29, 0.717) is 0 Å². The summed E-state index contributed by atoms with van der Waals surface area (Å²) in [7, 11) is 0. The molecule has 2 N–H and O–H groups in total. The van der Waals surface area contributed by atoms with Gasteiger partial charge in [-0.15, -0.1) is 0 Å². The Bertz CT molecular complexity index is 335. The Morgan fingerprint density at radius 2 is 2.08 bits per heavy atom. The molecular formula is C10H12N2O. The molecule has 0 aromatic heterocycles. The summed E-state index contributed by atoms with van der Waals surface area (Å²) < 4.78 is 0. The fourth-order valence-electron chi connectivity index (χ4n) is 1.47. The topological polar surface area (TPSA) is 41.1 Å². The van der Waals surface area contributed by atoms with Gasteiger partial charge in [-0.3, -0.25) is 4.79 Å². The average Bonchev–Trinajstić information content (AvgIpc) is 2.18. The second-order valence-corrected chi connectivity index (χ2v) is 3.12. The molecule has 1 aromatic carbocycles. The molecule has 1 unspecified atom stereocenters. The Morgan fingerprint density at radius 1 is 1.31 bits per heavy atom. The molecule has 0 radical (unpaired) electrons. The molecule has 3 heteroatoms. The van der Waals surface area contributed by atoms with Crippen molar-refractivity contribution in [3.8, 4) is 0 Å². The highest BCUT2D eigenvalue weighted by atomic mass is 16.2. The smallest absolute Gasteiger partial charge is 0.254 e. The molecule has 0 saturated heterocycles. The second kappa shape index (κ2) is 3.09. The van der Waals surface area contributed by atoms with Gasteiger partial charge >= 0.3 is 0 Å². The zero-order chi connectivity index (χ0) is 9.26. The van der Waals surface area contributed by atoms with E-state index in [2.05, 4.69) is 10.6 Å². The van der Waals surface area contributed by atoms with E-state index in [4.69, 9.17) is 0 Å². The lowest BCUT2D eigenvalue weighted by Crippen LogP contribution is -2.44. The van der Waals surface area contributed by atoms with Gasteiger partial charge in [-0.05, 0) is 18.6 Å². The summed E-state index contributed by atoms with van der Waals surface area (Å²) in [6, 6.07) is 7.55. The van der Waals surface area contributed by atoms with Crippen LogP contribution in [0, 0.1) is 0 Å². The third-order valence-corrected chi connectivity index (χ3v) is 2.21. The molecule has 0 bridgehead atoms. The first kappa shape index (κ1) is 8.10. The monoisotopic (exact) mass is 176 g/mol. The molecule has 1 aliphatic heterocycles. The lowest BCUT2D eigenvalue weighted by Gasteiger charge is -2.26. The van der Waals surface area contributed by atoms with Crippen molar-refractivity contribution in [1.29, 1.82) is 0 Å². The summed E-state index contributed by atoms with van der Waals surface area (Å²) in [5, 5.41) is 6.12. The predicted octanol–water partition coefficient (Wildman–Crippen LogP) is 1.58. The largest absolute Gasteiger partial charge is 0.365 e. The Kier molecular flexibility index (Phi) is 1.93. The van der Waals surface area contributed by atoms with Gasteiger partial charge < -0.3 is 10.6 Å². The van der Waals surface area contributed by atoms with Crippen molar-refractivity contribution < 1.29 is 4.79 Å². The van der Waals surface area contributed by atoms with Crippen molar-refractivity contribution in [1.82, 2.24) is 5.32 Å². The van der Waals surface area contributed by atoms with Gasteiger partial charge in [0.1, 0.15) is 0 Å². The number of carbonyl (C=O) groups is 1. The Morgan fingerprint density at radius 3 is 2.85 bits per heavy atom. The van der Waals surface area contributed by atoms with Crippen molar-refractivity contribution in [3.05, 3.63) is 29.8 Å². The van der Waals surface area contributed by atoms with Crippen molar-refractivity contribution >= 4 is 11.6 Å². The summed E-state index contributed by atoms with van der Waals surface area (Å²) in [4.78, 5) is 11.5. The molecule has 1 amide bonds. The molecule has 2 rings (SSSR count). The molecule has 0 spiro atoms. The number of rotatable bonds is 1. The molecular weight excluding hydrogens is 164 g/mol. The van der Waals surface area contributed by atoms with E-state index >= 15 is 0 Å². The lowest BCUT2D eigenvalue weighted by atomic mass is 10.1. The highest BCUT2D eigenvalue weighted by Crippen LogP contribution is 2.19. The van der Waals surface area contributed by atoms with E-state index in [9.17, 15) is 4.79 Å². The van der Waals surface area contributed by atoms with E-state index in [0.717, 1.165) is 17.7 Å². The Balaban J connectivity index is 2.37. The fourth-order valence-corrected chi connectivity index (χ4v) is 1.47. The van der Waals surface area contributed by atoms with E-state index < -0.39 is 0 Å². The number of amides is 1. The standard InChI is InChI=1S/C10H12N2O/c1-2-9-11-8-6-4-3-5-7(8)10(13)12-9/h3-6,9,11H,2H2,1H3,(H,12,13). The molecule has 0 saturated carbocycles. The van der Waals surface area contributed by atoms with E-state index in [1.54, 1.807) is 0 Å². The molecule has 13 heavy (non-hydrogen) atoms. The Hall–Kier alpha value is -1.51. The van der Waals surface area contributed by atoms with Gasteiger partial charge in [0, 0.05) is 5.69 Å². The molecule has 1 atom stereocenters. The number of benzene rings is 1. The van der Waals surface area contributed by atoms with Crippen LogP contribution in [0.3, 0.4) is 0 Å². The predicted molar refractivity (Wildman–Crippen MR) is 51.6 cm³/mol. The van der Waals surface area contributed by atoms with Crippen molar-refractivity contribution in [2.75, 3.05) is 5.32 Å². The van der Waals surface area contributed by atoms with Gasteiger partial charge in [-0.1, -0.05) is 19.1 Å². The average molecular weight is 176 g/mol. The third-order valence-electron chi connectivity index (χ3n) is 2.21. The number of fused-ring (bicyclic) bond motifs is 1. The van der Waals surface area contributed by atoms with Crippen LogP contribution in [0.2, 0.25) is 0 Å². The maximum atomic E-state index is 11.5. The van der Waals surface area contributed by atoms with Crippen LogP contribution in [0.25, 0.3) is 0 Å². The van der Waals surface area contributed by atoms with Crippen molar-refractivity contribution in [2.24, 2.45) is 0 Å². The number of nitrogens with one attached hydrogen (secondary N) is 2. The van der Waals surface area contributed by atoms with Gasteiger partial charge in [0.15, 0.2) is 0 Å². The minimum Gasteiger partial charge on any atom is -0.365 e. The first-order valence-corrected chi connectivity index (χ1v) is 4.47. The minimum absolute atomic E-state index is 0.0150. The van der Waals surface area contributed by atoms with Crippen LogP contribution in [0.5, 0.6) is 0 Å². The van der Waals surface area contributed by atoms with Crippen LogP contribution in [-0.2, 0) is 0 Å². The van der Waals surface area contributed by atoms with Crippen LogP contribution in [0.15, 0.2) is 24.3 Å². The van der Waals surface area contributed by atoms with Crippen LogP contribution >= 0.6 is 0 Å². The fraction of sp³-hybridized carbons (Fsp3) is 0.300. The van der Waals surface area contributed by atoms with Crippen LogP contribution < -0.4 is 10.6 Å². The summed E-state index contributed by atoms with van der Waals surface area (Å²) in [5.41, 5.74) is 1.66. The molecule has 3 nitrogen and oxygen atoms in total. The number of hydrogen-bond acceptors (Lipinski definition) is 2. The maximum absolute atomic E-state index is 11.5. The number of hydrogen-bond donors (Lipinski definition) is 2. The molecule has 1 aliphatic rings.